The molecule has 9 aliphatic heterocycles. The molecule has 6 aromatic heterocycles. The number of aliphatic hydroxyl groups excluding tert-OH is 11. The van der Waals surface area contributed by atoms with E-state index in [9.17, 15) is 109 Å². The van der Waals surface area contributed by atoms with Gasteiger partial charge >= 0.3 is 0 Å². The van der Waals surface area contributed by atoms with E-state index in [0.717, 1.165) is 87.2 Å². The second-order valence-electron chi connectivity index (χ2n) is 29.9. The Morgan fingerprint density at radius 1 is 0.448 bits per heavy atom. The van der Waals surface area contributed by atoms with E-state index < -0.39 is 211 Å². The summed E-state index contributed by atoms with van der Waals surface area (Å²) in [6.07, 6.45) is -2.14. The van der Waals surface area contributed by atoms with Crippen LogP contribution >= 0.6 is 0 Å². The number of nitrogens with zero attached hydrogens (tertiary/aromatic N) is 13. The number of rotatable bonds is 12. The highest BCUT2D eigenvalue weighted by Crippen LogP contribution is 2.52. The molecule has 0 unspecified atom stereocenters. The average molecular weight is 1790 g/mol. The van der Waals surface area contributed by atoms with Crippen LogP contribution in [0.15, 0.2) is 112 Å². The van der Waals surface area contributed by atoms with Crippen LogP contribution in [0.4, 0.5) is 43.9 Å². The van der Waals surface area contributed by atoms with Crippen LogP contribution in [0.3, 0.4) is 0 Å². The molecular formula is C71H83F10N19O25. The third-order valence-electron chi connectivity index (χ3n) is 20.7. The van der Waals surface area contributed by atoms with Crippen LogP contribution in [0, 0.1) is 45.5 Å². The van der Waals surface area contributed by atoms with Gasteiger partial charge in [0.1, 0.15) is 92.1 Å². The number of aromatic nitrogens is 12. The molecular weight excluding hydrogens is 1710 g/mol. The number of aromatic amines is 3. The largest absolute Gasteiger partial charge is 0.390 e. The van der Waals surface area contributed by atoms with E-state index in [0.29, 0.717) is 5.82 Å². The highest BCUT2D eigenvalue weighted by Gasteiger charge is 2.71. The van der Waals surface area contributed by atoms with Gasteiger partial charge in [0, 0.05) is 30.8 Å². The molecule has 6 saturated heterocycles. The van der Waals surface area contributed by atoms with Crippen molar-refractivity contribution < 1.29 is 153 Å². The summed E-state index contributed by atoms with van der Waals surface area (Å²) in [4.78, 5) is 95.5. The van der Waals surface area contributed by atoms with Crippen LogP contribution in [-0.2, 0) is 38.0 Å². The van der Waals surface area contributed by atoms with Crippen LogP contribution in [0.2, 0.25) is 0 Å². The molecule has 682 valence electrons. The molecule has 6 fully saturated rings. The highest BCUT2D eigenvalue weighted by atomic mass is 19.2. The van der Waals surface area contributed by atoms with Crippen molar-refractivity contribution >= 4 is 51.1 Å². The van der Waals surface area contributed by atoms with Gasteiger partial charge in [0.25, 0.3) is 63.6 Å². The zero-order valence-electron chi connectivity index (χ0n) is 66.1. The molecule has 0 aromatic carbocycles. The van der Waals surface area contributed by atoms with Crippen molar-refractivity contribution in [1.29, 1.82) is 0 Å². The van der Waals surface area contributed by atoms with E-state index >= 15 is 0 Å². The number of fused-ring (bicyclic) bond motifs is 3. The Balaban J connectivity index is 0.000000157. The van der Waals surface area contributed by atoms with Crippen molar-refractivity contribution in [3.8, 4) is 24.7 Å². The number of terminal acetylenes is 2. The van der Waals surface area contributed by atoms with Gasteiger partial charge < -0.3 is 146 Å². The first-order valence-corrected chi connectivity index (χ1v) is 36.2. The Morgan fingerprint density at radius 2 is 0.752 bits per heavy atom. The normalized spacial score (nSPS) is 38.2. The first kappa shape index (κ1) is 96.1. The van der Waals surface area contributed by atoms with Crippen molar-refractivity contribution in [1.82, 2.24) is 83.9 Å². The Labute approximate surface area is 694 Å². The Bertz CT molecular complexity index is 5470. The number of halogens is 10. The van der Waals surface area contributed by atoms with E-state index in [-0.39, 0.29) is 68.4 Å². The number of alkyl halides is 10. The number of aliphatic hydroxyl groups is 14. The molecule has 125 heavy (non-hydrogen) atoms. The van der Waals surface area contributed by atoms with Crippen LogP contribution in [0.25, 0.3) is 33.5 Å². The van der Waals surface area contributed by atoms with Crippen molar-refractivity contribution in [2.75, 3.05) is 39.6 Å². The zero-order chi connectivity index (χ0) is 93.5. The summed E-state index contributed by atoms with van der Waals surface area (Å²) in [5, 5.41) is 138. The lowest BCUT2D eigenvalue weighted by Crippen LogP contribution is -2.55. The van der Waals surface area contributed by atoms with Gasteiger partial charge in [0.15, 0.2) is 112 Å². The minimum Gasteiger partial charge on any atom is -0.390 e. The van der Waals surface area contributed by atoms with Crippen molar-refractivity contribution in [2.45, 2.75) is 191 Å². The fourth-order valence-electron chi connectivity index (χ4n) is 13.9. The number of aliphatic imine (C=N–C) groups is 1. The molecule has 15 heterocycles. The second kappa shape index (κ2) is 34.0. The molecule has 6 aromatic rings. The molecule has 0 radical (unpaired) electrons. The maximum atomic E-state index is 14.8. The maximum absolute atomic E-state index is 14.8. The predicted molar refractivity (Wildman–Crippen MR) is 399 cm³/mol. The van der Waals surface area contributed by atoms with Gasteiger partial charge in [-0.15, -0.1) is 12.8 Å². The molecule has 44 nitrogen and oxygen atoms in total. The van der Waals surface area contributed by atoms with Gasteiger partial charge in [-0.05, 0) is 54.5 Å². The average Bonchev–Trinajstić information content (AvgIpc) is 1.60. The summed E-state index contributed by atoms with van der Waals surface area (Å²) in [5.74, 6) is -14.1. The quantitative estimate of drug-likeness (QED) is 0.0404. The number of aryl methyl sites for hydroxylation is 3. The van der Waals surface area contributed by atoms with E-state index in [1.807, 2.05) is 5.92 Å². The monoisotopic (exact) mass is 1790 g/mol. The lowest BCUT2D eigenvalue weighted by Gasteiger charge is -2.36. The maximum Gasteiger partial charge on any atom is 0.279 e. The standard InChI is InChI=1S/C13H12F2N4O4.C12H14F2N4O4.C12H15FN4O5.C12H13FN2O5.C11H15F2N3O3.C11H14F2N2O4/c1-3-12(22)10(14)13(15,4-20)23-11(12)19-5-16-7-8(19)17-6(2)18-9(7)21;1-5-16-7-6(8(20)17-5)15-4-18(7)10-11(2,13)9(21)12(14,3-19)22-10;1-5-15-7-6(8(19)16-5)14-4-17(7)10-11(2,21)9(20)12(13,3-18)22-10;1-3-11(19)9(18)12(13,6-16)20-10(11)15-5-4-8(17)14-7(15)2;1-6-15-7(14)3-4-16(6)9-10(2,12)8(18)11(13,5-17)19-9;1-6-14-7(17)3-4-15(6)9-10(2,12)8(18)11(13,5-16)19-9/h1,5,10-11,20,22H,4H2,2H3,(H,17,18,21);4,9-10,19,21H,3H2,1-2H3,(H,16,17,20);4,9-10,18,20-21H,3H2,1-2H3,(H,15,16,19);1,4-5,9-10,16,18-19H,2,6H2,(H,14,17);3-4,8-9,17-18H,1,5H2,2H3,(H2,14,15);3-4,8-9,16,18H,1,5H2,2H3,(H,14,17)/t10-,11+,12+,13+;3*9-,10+,11+,12+;2*8-,9+,10+,11+/m000000/s1. The molecule has 2 amide bonds. The second-order valence-corrected chi connectivity index (χ2v) is 29.9. The zero-order valence-corrected chi connectivity index (χ0v) is 66.1. The topological polar surface area (TPSA) is 636 Å². The third-order valence-corrected chi connectivity index (χ3v) is 20.7. The van der Waals surface area contributed by atoms with Crippen molar-refractivity contribution in [2.24, 2.45) is 10.7 Å². The lowest BCUT2D eigenvalue weighted by atomic mass is 9.93. The fraction of sp³-hybridized carbons (Fsp3) is 0.521. The van der Waals surface area contributed by atoms with Gasteiger partial charge in [-0.25, -0.2) is 78.8 Å². The Hall–Kier alpha value is -11.1. The first-order valence-electron chi connectivity index (χ1n) is 36.2. The Kier molecular flexibility index (Phi) is 26.2. The number of H-pyrrole nitrogens is 3. The first-order chi connectivity index (χ1) is 57.9. The summed E-state index contributed by atoms with van der Waals surface area (Å²) < 4.78 is 175. The molecule has 0 spiro atoms. The van der Waals surface area contributed by atoms with Gasteiger partial charge in [-0.3, -0.25) is 37.7 Å². The fourth-order valence-corrected chi connectivity index (χ4v) is 13.9. The van der Waals surface area contributed by atoms with Crippen LogP contribution in [0.5, 0.6) is 0 Å². The van der Waals surface area contributed by atoms with E-state index in [1.165, 1.54) is 38.5 Å². The molecule has 15 rings (SSSR count). The summed E-state index contributed by atoms with van der Waals surface area (Å²) in [5.41, 5.74) is -11.1. The number of amides is 2. The van der Waals surface area contributed by atoms with Gasteiger partial charge in [0.2, 0.25) is 17.4 Å². The van der Waals surface area contributed by atoms with Crippen LogP contribution in [0.1, 0.15) is 63.9 Å². The van der Waals surface area contributed by atoms with Gasteiger partial charge in [-0.1, -0.05) is 31.6 Å². The molecule has 54 heteroatoms. The summed E-state index contributed by atoms with van der Waals surface area (Å²) in [6, 6.07) is 0. The van der Waals surface area contributed by atoms with Crippen molar-refractivity contribution in [3.63, 3.8) is 0 Å². The molecule has 9 aliphatic rings. The van der Waals surface area contributed by atoms with E-state index in [2.05, 4.69) is 80.2 Å². The molecule has 24 atom stereocenters. The lowest BCUT2D eigenvalue weighted by molar-refractivity contribution is -0.210. The number of imidazole rings is 3. The third kappa shape index (κ3) is 16.6. The molecule has 0 bridgehead atoms. The van der Waals surface area contributed by atoms with Crippen LogP contribution < -0.4 is 33.0 Å². The minimum absolute atomic E-state index is 0.00971. The van der Waals surface area contributed by atoms with Gasteiger partial charge in [-0.2, -0.15) is 0 Å². The van der Waals surface area contributed by atoms with Gasteiger partial charge in [0.05, 0.1) is 19.0 Å². The molecule has 21 N–H and O–H groups in total. The summed E-state index contributed by atoms with van der Waals surface area (Å²) >= 11 is 0. The van der Waals surface area contributed by atoms with Crippen LogP contribution in [-0.4, -0.2) is 326 Å². The highest BCUT2D eigenvalue weighted by molar-refractivity contribution is 5.93. The predicted octanol–water partition coefficient (Wildman–Crippen LogP) is -4.85. The Morgan fingerprint density at radius 3 is 1.10 bits per heavy atom. The van der Waals surface area contributed by atoms with E-state index in [1.54, 1.807) is 12.8 Å². The van der Waals surface area contributed by atoms with Crippen molar-refractivity contribution in [3.05, 3.63) is 142 Å². The molecule has 0 saturated carbocycles. The number of hydrogen-bond donors (Lipinski definition) is 20. The smallest absolute Gasteiger partial charge is 0.279 e. The minimum atomic E-state index is -3.20. The van der Waals surface area contributed by atoms with E-state index in [4.69, 9.17) is 77.6 Å². The number of carbonyl (C=O) groups excluding carboxylic acids is 2. The number of nitrogens with two attached hydrogens (primary N) is 1. The summed E-state index contributed by atoms with van der Waals surface area (Å²) in [7, 11) is 0. The SMILES string of the molecule is C#C[C@]1(O)[C@H](N2C=CC(=O)NC2=C)O[C@](F)(CO)[C@H]1O.C#C[C@]1(O)[C@H](n2cnc3c(=O)[nH]c(C)nc32)O[C@](F)(CO)[C@H]1F.C=C1N=C(N)C=CN1[C@@H]1O[C@](F)(CO)[C@@H](O)[C@@]1(C)F.C=C1NC(=O)C=CN1[C@@H]1O[C@](F)(CO)[C@@H](O)[C@@]1(C)F.Cc1nc2c(ncn2[C@@H]2O[C@](F)(CO)[C@@H](O)[C@@]2(C)F)c(=O)[nH]1.Cc1nc2c(ncn2[C@@H]2O[C@](F)(CO)[C@@H](O)[C@@]2(C)O)c(=O)[nH]1. The summed E-state index contributed by atoms with van der Waals surface area (Å²) in [6.45, 7) is 11.8. The number of ether oxygens (including phenoxy) is 6. The number of amidine groups is 1. The number of hydrogen-bond acceptors (Lipinski definition) is 36. The molecule has 0 aliphatic carbocycles. The number of nitrogens with one attached hydrogen (secondary N) is 5. The number of carbonyl (C=O) groups is 2.